The molecular formula is C9H10ClNO2. The largest absolute Gasteiger partial charge is 0.463 e. The minimum Gasteiger partial charge on any atom is -0.463 e. The summed E-state index contributed by atoms with van der Waals surface area (Å²) < 4.78 is 10.7. The van der Waals surface area contributed by atoms with Gasteiger partial charge in [-0.15, -0.1) is 0 Å². The van der Waals surface area contributed by atoms with Gasteiger partial charge in [0.1, 0.15) is 5.75 Å². The third kappa shape index (κ3) is 1.77. The molecule has 0 fully saturated rings. The Morgan fingerprint density at radius 3 is 3.15 bits per heavy atom. The van der Waals surface area contributed by atoms with Gasteiger partial charge in [0.15, 0.2) is 0 Å². The van der Waals surface area contributed by atoms with Crippen molar-refractivity contribution in [1.29, 1.82) is 0 Å². The molecule has 0 bridgehead atoms. The summed E-state index contributed by atoms with van der Waals surface area (Å²) >= 11 is 5.81. The van der Waals surface area contributed by atoms with Crippen molar-refractivity contribution < 1.29 is 9.47 Å². The van der Waals surface area contributed by atoms with Gasteiger partial charge in [0.2, 0.25) is 6.29 Å². The lowest BCUT2D eigenvalue weighted by atomic mass is 10.2. The first kappa shape index (κ1) is 8.81. The van der Waals surface area contributed by atoms with Crippen molar-refractivity contribution in [2.75, 3.05) is 6.54 Å². The van der Waals surface area contributed by atoms with E-state index in [-0.39, 0.29) is 6.29 Å². The Balaban J connectivity index is 2.26. The molecule has 2 N–H and O–H groups in total. The molecule has 0 aromatic heterocycles. The van der Waals surface area contributed by atoms with Gasteiger partial charge in [-0.2, -0.15) is 0 Å². The second kappa shape index (κ2) is 3.54. The van der Waals surface area contributed by atoms with Gasteiger partial charge < -0.3 is 15.2 Å². The molecule has 0 aliphatic carbocycles. The number of rotatable bonds is 1. The van der Waals surface area contributed by atoms with Crippen molar-refractivity contribution in [3.05, 3.63) is 28.8 Å². The lowest BCUT2D eigenvalue weighted by Gasteiger charge is -2.25. The fraction of sp³-hybridized carbons (Fsp3) is 0.333. The predicted octanol–water partition coefficient (Wildman–Crippen LogP) is 1.53. The number of halogens is 1. The van der Waals surface area contributed by atoms with Gasteiger partial charge in [0.05, 0.1) is 13.2 Å². The van der Waals surface area contributed by atoms with E-state index in [9.17, 15) is 0 Å². The van der Waals surface area contributed by atoms with Crippen LogP contribution in [0.1, 0.15) is 5.56 Å². The topological polar surface area (TPSA) is 44.5 Å². The first-order valence-corrected chi connectivity index (χ1v) is 4.44. The molecule has 1 heterocycles. The van der Waals surface area contributed by atoms with Gasteiger partial charge in [-0.1, -0.05) is 11.6 Å². The van der Waals surface area contributed by atoms with E-state index in [1.807, 2.05) is 12.1 Å². The molecule has 0 spiro atoms. The second-order valence-corrected chi connectivity index (χ2v) is 3.28. The average Bonchev–Trinajstić information content (AvgIpc) is 2.17. The first-order chi connectivity index (χ1) is 6.29. The second-order valence-electron chi connectivity index (χ2n) is 2.85. The molecule has 1 aliphatic heterocycles. The van der Waals surface area contributed by atoms with Crippen LogP contribution in [0, 0.1) is 0 Å². The van der Waals surface area contributed by atoms with Crippen molar-refractivity contribution >= 4 is 11.6 Å². The Bertz CT molecular complexity index is 316. The first-order valence-electron chi connectivity index (χ1n) is 4.06. The number of nitrogens with two attached hydrogens (primary N) is 1. The van der Waals surface area contributed by atoms with Crippen molar-refractivity contribution in [3.63, 3.8) is 0 Å². The SMILES string of the molecule is NCC1OCc2cc(Cl)ccc2O1. The highest BCUT2D eigenvalue weighted by atomic mass is 35.5. The van der Waals surface area contributed by atoms with E-state index >= 15 is 0 Å². The molecule has 3 nitrogen and oxygen atoms in total. The van der Waals surface area contributed by atoms with Gasteiger partial charge in [0, 0.05) is 10.6 Å². The van der Waals surface area contributed by atoms with Crippen LogP contribution in [0.5, 0.6) is 5.75 Å². The molecule has 1 atom stereocenters. The quantitative estimate of drug-likeness (QED) is 0.746. The number of hydrogen-bond donors (Lipinski definition) is 1. The van der Waals surface area contributed by atoms with E-state index in [2.05, 4.69) is 0 Å². The minimum absolute atomic E-state index is 0.325. The van der Waals surface area contributed by atoms with Crippen molar-refractivity contribution in [2.24, 2.45) is 5.73 Å². The molecule has 0 saturated heterocycles. The number of ether oxygens (including phenoxy) is 2. The van der Waals surface area contributed by atoms with Gasteiger partial charge in [0.25, 0.3) is 0 Å². The Morgan fingerprint density at radius 2 is 2.38 bits per heavy atom. The van der Waals surface area contributed by atoms with Crippen molar-refractivity contribution in [1.82, 2.24) is 0 Å². The summed E-state index contributed by atoms with van der Waals surface area (Å²) in [5.74, 6) is 0.811. The molecule has 1 aromatic rings. The summed E-state index contributed by atoms with van der Waals surface area (Å²) in [6.45, 7) is 0.875. The molecule has 70 valence electrons. The van der Waals surface area contributed by atoms with Gasteiger partial charge in [-0.3, -0.25) is 0 Å². The van der Waals surface area contributed by atoms with Gasteiger partial charge >= 0.3 is 0 Å². The van der Waals surface area contributed by atoms with Crippen LogP contribution in [-0.4, -0.2) is 12.8 Å². The maximum absolute atomic E-state index is 5.81. The fourth-order valence-electron chi connectivity index (χ4n) is 1.25. The highest BCUT2D eigenvalue weighted by molar-refractivity contribution is 6.30. The zero-order valence-electron chi connectivity index (χ0n) is 7.00. The van der Waals surface area contributed by atoms with Crippen LogP contribution in [-0.2, 0) is 11.3 Å². The molecular weight excluding hydrogens is 190 g/mol. The van der Waals surface area contributed by atoms with E-state index in [0.717, 1.165) is 11.3 Å². The van der Waals surface area contributed by atoms with Crippen LogP contribution in [0.3, 0.4) is 0 Å². The average molecular weight is 200 g/mol. The zero-order valence-corrected chi connectivity index (χ0v) is 7.75. The molecule has 13 heavy (non-hydrogen) atoms. The summed E-state index contributed by atoms with van der Waals surface area (Å²) in [5, 5.41) is 0.692. The van der Waals surface area contributed by atoms with Crippen LogP contribution in [0.25, 0.3) is 0 Å². The minimum atomic E-state index is -0.325. The maximum Gasteiger partial charge on any atom is 0.212 e. The summed E-state index contributed by atoms with van der Waals surface area (Å²) in [6.07, 6.45) is -0.325. The lowest BCUT2D eigenvalue weighted by molar-refractivity contribution is -0.100. The summed E-state index contributed by atoms with van der Waals surface area (Å²) in [5.41, 5.74) is 6.38. The Kier molecular flexibility index (Phi) is 2.40. The van der Waals surface area contributed by atoms with Crippen LogP contribution in [0.2, 0.25) is 5.02 Å². The normalized spacial score (nSPS) is 20.6. The third-order valence-corrected chi connectivity index (χ3v) is 2.13. The molecule has 0 saturated carbocycles. The standard InChI is InChI=1S/C9H10ClNO2/c10-7-1-2-8-6(3-7)5-12-9(4-11)13-8/h1-3,9H,4-5,11H2. The van der Waals surface area contributed by atoms with Crippen LogP contribution >= 0.6 is 11.6 Å². The highest BCUT2D eigenvalue weighted by Gasteiger charge is 2.18. The number of hydrogen-bond acceptors (Lipinski definition) is 3. The van der Waals surface area contributed by atoms with E-state index in [0.29, 0.717) is 18.2 Å². The van der Waals surface area contributed by atoms with Crippen molar-refractivity contribution in [3.8, 4) is 5.75 Å². The highest BCUT2D eigenvalue weighted by Crippen LogP contribution is 2.28. The van der Waals surface area contributed by atoms with Crippen LogP contribution in [0.4, 0.5) is 0 Å². The maximum atomic E-state index is 5.81. The molecule has 0 radical (unpaired) electrons. The summed E-state index contributed by atoms with van der Waals surface area (Å²) in [7, 11) is 0. The van der Waals surface area contributed by atoms with Gasteiger partial charge in [-0.05, 0) is 18.2 Å². The van der Waals surface area contributed by atoms with Crippen molar-refractivity contribution in [2.45, 2.75) is 12.9 Å². The zero-order chi connectivity index (χ0) is 9.26. The molecule has 2 rings (SSSR count). The molecule has 4 heteroatoms. The molecule has 1 aliphatic rings. The molecule has 0 amide bonds. The monoisotopic (exact) mass is 199 g/mol. The number of benzene rings is 1. The Morgan fingerprint density at radius 1 is 1.54 bits per heavy atom. The summed E-state index contributed by atoms with van der Waals surface area (Å²) in [6, 6.07) is 5.46. The lowest BCUT2D eigenvalue weighted by Crippen LogP contribution is -2.32. The van der Waals surface area contributed by atoms with Crippen LogP contribution < -0.4 is 10.5 Å². The third-order valence-electron chi connectivity index (χ3n) is 1.90. The Labute approximate surface area is 81.4 Å². The van der Waals surface area contributed by atoms with Gasteiger partial charge in [-0.25, -0.2) is 0 Å². The molecule has 1 aromatic carbocycles. The molecule has 1 unspecified atom stereocenters. The predicted molar refractivity (Wildman–Crippen MR) is 49.7 cm³/mol. The van der Waals surface area contributed by atoms with E-state index in [4.69, 9.17) is 26.8 Å². The van der Waals surface area contributed by atoms with E-state index in [1.165, 1.54) is 0 Å². The van der Waals surface area contributed by atoms with E-state index in [1.54, 1.807) is 6.07 Å². The smallest absolute Gasteiger partial charge is 0.212 e. The van der Waals surface area contributed by atoms with E-state index < -0.39 is 0 Å². The Hall–Kier alpha value is -0.770. The van der Waals surface area contributed by atoms with Crippen LogP contribution in [0.15, 0.2) is 18.2 Å². The summed E-state index contributed by atoms with van der Waals surface area (Å²) in [4.78, 5) is 0. The number of fused-ring (bicyclic) bond motifs is 1. The fourth-order valence-corrected chi connectivity index (χ4v) is 1.45.